The zero-order valence-electron chi connectivity index (χ0n) is 15.0. The minimum absolute atomic E-state index is 0.280. The number of morpholine rings is 1. The molecular weight excluding hydrogens is 335 g/mol. The van der Waals surface area contributed by atoms with Crippen LogP contribution in [0.1, 0.15) is 5.56 Å². The van der Waals surface area contributed by atoms with Crippen molar-refractivity contribution in [2.45, 2.75) is 6.54 Å². The van der Waals surface area contributed by atoms with E-state index in [0.717, 1.165) is 45.0 Å². The van der Waals surface area contributed by atoms with E-state index < -0.39 is 0 Å². The number of halogens is 1. The number of hydrogen-bond acceptors (Lipinski definition) is 4. The van der Waals surface area contributed by atoms with Crippen LogP contribution in [0.25, 0.3) is 5.69 Å². The van der Waals surface area contributed by atoms with Crippen LogP contribution in [0.5, 0.6) is 0 Å². The van der Waals surface area contributed by atoms with Crippen LogP contribution in [0.3, 0.4) is 0 Å². The van der Waals surface area contributed by atoms with E-state index in [1.54, 1.807) is 36.4 Å². The van der Waals surface area contributed by atoms with Gasteiger partial charge < -0.3 is 19.9 Å². The maximum atomic E-state index is 14.3. The molecule has 7 nitrogen and oxygen atoms in total. The lowest BCUT2D eigenvalue weighted by Gasteiger charge is -2.26. The third-order valence-electron chi connectivity index (χ3n) is 4.30. The molecule has 1 aliphatic rings. The molecule has 0 spiro atoms. The predicted molar refractivity (Wildman–Crippen MR) is 99.0 cm³/mol. The summed E-state index contributed by atoms with van der Waals surface area (Å²) in [6.07, 6.45) is 4.93. The first-order valence-electron chi connectivity index (χ1n) is 8.77. The van der Waals surface area contributed by atoms with E-state index in [9.17, 15) is 4.39 Å². The molecule has 0 aliphatic carbocycles. The van der Waals surface area contributed by atoms with Crippen LogP contribution >= 0.6 is 0 Å². The van der Waals surface area contributed by atoms with Crippen LogP contribution in [-0.4, -0.2) is 66.9 Å². The molecule has 1 aromatic heterocycles. The van der Waals surface area contributed by atoms with Crippen molar-refractivity contribution in [3.8, 4) is 5.69 Å². The number of benzene rings is 1. The number of imidazole rings is 1. The molecule has 0 saturated carbocycles. The van der Waals surface area contributed by atoms with E-state index in [1.165, 1.54) is 6.07 Å². The molecule has 1 aromatic carbocycles. The SMILES string of the molecule is CN=C(NCCN1CCOCC1)NCc1ccc(-n2ccnc2)c(F)c1. The van der Waals surface area contributed by atoms with E-state index in [2.05, 4.69) is 25.5 Å². The van der Waals surface area contributed by atoms with Crippen molar-refractivity contribution in [3.63, 3.8) is 0 Å². The second-order valence-electron chi connectivity index (χ2n) is 6.06. The second kappa shape index (κ2) is 9.30. The van der Waals surface area contributed by atoms with Gasteiger partial charge in [0.1, 0.15) is 5.82 Å². The maximum Gasteiger partial charge on any atom is 0.191 e. The first kappa shape index (κ1) is 18.3. The minimum Gasteiger partial charge on any atom is -0.379 e. The van der Waals surface area contributed by atoms with Gasteiger partial charge in [-0.25, -0.2) is 9.37 Å². The Hall–Kier alpha value is -2.45. The monoisotopic (exact) mass is 360 g/mol. The second-order valence-corrected chi connectivity index (χ2v) is 6.06. The Morgan fingerprint density at radius 2 is 2.15 bits per heavy atom. The van der Waals surface area contributed by atoms with Gasteiger partial charge in [0.2, 0.25) is 0 Å². The Kier molecular flexibility index (Phi) is 6.56. The van der Waals surface area contributed by atoms with Crippen LogP contribution in [0.4, 0.5) is 4.39 Å². The topological polar surface area (TPSA) is 66.7 Å². The standard InChI is InChI=1S/C18H25FN6O/c1-20-18(22-5-6-24-8-10-26-11-9-24)23-13-15-2-3-17(16(19)12-15)25-7-4-21-14-25/h2-4,7,12,14H,5-6,8-11,13H2,1H3,(H2,20,22,23). The predicted octanol–water partition coefficient (Wildman–Crippen LogP) is 1.01. The smallest absolute Gasteiger partial charge is 0.191 e. The highest BCUT2D eigenvalue weighted by atomic mass is 19.1. The van der Waals surface area contributed by atoms with Gasteiger partial charge in [-0.05, 0) is 17.7 Å². The molecular formula is C18H25FN6O. The first-order valence-corrected chi connectivity index (χ1v) is 8.77. The van der Waals surface area contributed by atoms with Gasteiger partial charge in [-0.2, -0.15) is 0 Å². The van der Waals surface area contributed by atoms with Crippen molar-refractivity contribution in [2.75, 3.05) is 46.4 Å². The number of guanidine groups is 1. The number of nitrogens with zero attached hydrogens (tertiary/aromatic N) is 4. The fourth-order valence-corrected chi connectivity index (χ4v) is 2.83. The average molecular weight is 360 g/mol. The normalized spacial score (nSPS) is 15.8. The van der Waals surface area contributed by atoms with Gasteiger partial charge in [0.05, 0.1) is 25.2 Å². The number of hydrogen-bond donors (Lipinski definition) is 2. The van der Waals surface area contributed by atoms with E-state index in [0.29, 0.717) is 18.2 Å². The Balaban J connectivity index is 1.46. The van der Waals surface area contributed by atoms with Crippen molar-refractivity contribution in [1.29, 1.82) is 0 Å². The van der Waals surface area contributed by atoms with Crippen LogP contribution in [0.2, 0.25) is 0 Å². The summed E-state index contributed by atoms with van der Waals surface area (Å²) >= 11 is 0. The van der Waals surface area contributed by atoms with Crippen molar-refractivity contribution in [1.82, 2.24) is 25.1 Å². The number of nitrogens with one attached hydrogen (secondary N) is 2. The highest BCUT2D eigenvalue weighted by Gasteiger charge is 2.10. The molecule has 1 saturated heterocycles. The molecule has 26 heavy (non-hydrogen) atoms. The zero-order chi connectivity index (χ0) is 18.2. The van der Waals surface area contributed by atoms with E-state index >= 15 is 0 Å². The summed E-state index contributed by atoms with van der Waals surface area (Å²) in [5.41, 5.74) is 1.33. The number of rotatable bonds is 6. The molecule has 1 aliphatic heterocycles. The molecule has 2 N–H and O–H groups in total. The third-order valence-corrected chi connectivity index (χ3v) is 4.30. The van der Waals surface area contributed by atoms with Crippen molar-refractivity contribution in [2.24, 2.45) is 4.99 Å². The van der Waals surface area contributed by atoms with Crippen molar-refractivity contribution >= 4 is 5.96 Å². The lowest BCUT2D eigenvalue weighted by Crippen LogP contribution is -2.44. The molecule has 8 heteroatoms. The number of ether oxygens (including phenoxy) is 1. The fourth-order valence-electron chi connectivity index (χ4n) is 2.83. The molecule has 0 bridgehead atoms. The van der Waals surface area contributed by atoms with Gasteiger partial charge in [-0.15, -0.1) is 0 Å². The highest BCUT2D eigenvalue weighted by Crippen LogP contribution is 2.14. The quantitative estimate of drug-likeness (QED) is 0.595. The summed E-state index contributed by atoms with van der Waals surface area (Å²) in [6, 6.07) is 5.18. The Labute approximate surface area is 152 Å². The molecule has 2 aromatic rings. The van der Waals surface area contributed by atoms with Gasteiger partial charge in [0, 0.05) is 52.2 Å². The van der Waals surface area contributed by atoms with Crippen LogP contribution in [0, 0.1) is 5.82 Å². The number of aromatic nitrogens is 2. The molecule has 140 valence electrons. The van der Waals surface area contributed by atoms with Crippen molar-refractivity contribution < 1.29 is 9.13 Å². The molecule has 0 atom stereocenters. The van der Waals surface area contributed by atoms with E-state index in [1.807, 2.05) is 6.07 Å². The van der Waals surface area contributed by atoms with E-state index in [4.69, 9.17) is 4.74 Å². The minimum atomic E-state index is -0.280. The molecule has 3 rings (SSSR count). The zero-order valence-corrected chi connectivity index (χ0v) is 15.0. The molecule has 1 fully saturated rings. The Morgan fingerprint density at radius 1 is 1.31 bits per heavy atom. The fraction of sp³-hybridized carbons (Fsp3) is 0.444. The van der Waals surface area contributed by atoms with Gasteiger partial charge >= 0.3 is 0 Å². The molecule has 0 unspecified atom stereocenters. The maximum absolute atomic E-state index is 14.3. The molecule has 0 radical (unpaired) electrons. The van der Waals surface area contributed by atoms with Gasteiger partial charge in [0.25, 0.3) is 0 Å². The Morgan fingerprint density at radius 3 is 2.85 bits per heavy atom. The van der Waals surface area contributed by atoms with Crippen LogP contribution in [0.15, 0.2) is 41.9 Å². The summed E-state index contributed by atoms with van der Waals surface area (Å²) in [7, 11) is 1.73. The first-order chi connectivity index (χ1) is 12.8. The summed E-state index contributed by atoms with van der Waals surface area (Å²) in [4.78, 5) is 10.5. The summed E-state index contributed by atoms with van der Waals surface area (Å²) < 4.78 is 21.3. The summed E-state index contributed by atoms with van der Waals surface area (Å²) in [5, 5.41) is 6.50. The lowest BCUT2D eigenvalue weighted by atomic mass is 10.2. The number of aliphatic imine (C=N–C) groups is 1. The van der Waals surface area contributed by atoms with Crippen LogP contribution < -0.4 is 10.6 Å². The van der Waals surface area contributed by atoms with Gasteiger partial charge in [-0.3, -0.25) is 9.89 Å². The molecule has 0 amide bonds. The third kappa shape index (κ3) is 5.03. The van der Waals surface area contributed by atoms with Gasteiger partial charge in [-0.1, -0.05) is 6.07 Å². The van der Waals surface area contributed by atoms with Crippen molar-refractivity contribution in [3.05, 3.63) is 48.3 Å². The van der Waals surface area contributed by atoms with E-state index in [-0.39, 0.29) is 5.82 Å². The summed E-state index contributed by atoms with van der Waals surface area (Å²) in [6.45, 7) is 5.78. The van der Waals surface area contributed by atoms with Crippen LogP contribution in [-0.2, 0) is 11.3 Å². The lowest BCUT2D eigenvalue weighted by molar-refractivity contribution is 0.0389. The Bertz CT molecular complexity index is 712. The largest absolute Gasteiger partial charge is 0.379 e. The average Bonchev–Trinajstić information content (AvgIpc) is 3.20. The highest BCUT2D eigenvalue weighted by molar-refractivity contribution is 5.79. The summed E-state index contributed by atoms with van der Waals surface area (Å²) in [5.74, 6) is 0.426. The van der Waals surface area contributed by atoms with Gasteiger partial charge in [0.15, 0.2) is 5.96 Å². The molecule has 2 heterocycles.